The van der Waals surface area contributed by atoms with Gasteiger partial charge in [0.05, 0.1) is 24.4 Å². The van der Waals surface area contributed by atoms with Crippen LogP contribution < -0.4 is 15.0 Å². The number of hydrogen-bond donors (Lipinski definition) is 1. The molecular formula is C17H21FN4O2. The highest BCUT2D eigenvalue weighted by molar-refractivity contribution is 5.95. The van der Waals surface area contributed by atoms with Gasteiger partial charge in [0.2, 0.25) is 5.95 Å². The number of rotatable bonds is 5. The third kappa shape index (κ3) is 3.79. The highest BCUT2D eigenvalue weighted by atomic mass is 19.1. The van der Waals surface area contributed by atoms with Crippen molar-refractivity contribution in [2.45, 2.75) is 19.9 Å². The smallest absolute Gasteiger partial charge is 0.255 e. The first-order valence-corrected chi connectivity index (χ1v) is 7.48. The quantitative estimate of drug-likeness (QED) is 0.911. The summed E-state index contributed by atoms with van der Waals surface area (Å²) >= 11 is 0. The third-order valence-corrected chi connectivity index (χ3v) is 3.63. The molecule has 7 heteroatoms. The van der Waals surface area contributed by atoms with E-state index in [0.29, 0.717) is 22.8 Å². The van der Waals surface area contributed by atoms with Gasteiger partial charge in [-0.15, -0.1) is 0 Å². The Balaban J connectivity index is 2.15. The zero-order valence-corrected chi connectivity index (χ0v) is 14.4. The van der Waals surface area contributed by atoms with Crippen LogP contribution in [0.25, 0.3) is 0 Å². The molecule has 2 aromatic rings. The summed E-state index contributed by atoms with van der Waals surface area (Å²) in [5.41, 5.74) is 1.62. The first-order chi connectivity index (χ1) is 11.3. The molecule has 0 spiro atoms. The Morgan fingerprint density at radius 1 is 1.38 bits per heavy atom. The van der Waals surface area contributed by atoms with E-state index in [4.69, 9.17) is 4.74 Å². The van der Waals surface area contributed by atoms with Crippen LogP contribution in [-0.2, 0) is 0 Å². The van der Waals surface area contributed by atoms with Crippen LogP contribution in [-0.4, -0.2) is 37.1 Å². The lowest BCUT2D eigenvalue weighted by molar-refractivity contribution is 0.0938. The Bertz CT molecular complexity index is 749. The number of methoxy groups -OCH3 is 1. The van der Waals surface area contributed by atoms with Crippen molar-refractivity contribution < 1.29 is 13.9 Å². The molecule has 0 aliphatic carbocycles. The SMILES string of the molecule is COc1ccc(C(C)NC(=O)c2cnc(N(C)C)nc2C)cc1F. The topological polar surface area (TPSA) is 67.3 Å². The van der Waals surface area contributed by atoms with Crippen LogP contribution in [0.5, 0.6) is 5.75 Å². The summed E-state index contributed by atoms with van der Waals surface area (Å²) in [6.45, 7) is 3.53. The first kappa shape index (κ1) is 17.7. The number of nitrogens with zero attached hydrogens (tertiary/aromatic N) is 3. The zero-order chi connectivity index (χ0) is 17.9. The second-order valence-corrected chi connectivity index (χ2v) is 5.65. The minimum Gasteiger partial charge on any atom is -0.494 e. The van der Waals surface area contributed by atoms with E-state index in [2.05, 4.69) is 15.3 Å². The van der Waals surface area contributed by atoms with Crippen molar-refractivity contribution in [2.24, 2.45) is 0 Å². The van der Waals surface area contributed by atoms with Crippen molar-refractivity contribution in [1.29, 1.82) is 0 Å². The number of hydrogen-bond acceptors (Lipinski definition) is 5. The van der Waals surface area contributed by atoms with E-state index in [1.807, 2.05) is 14.1 Å². The highest BCUT2D eigenvalue weighted by Crippen LogP contribution is 2.22. The van der Waals surface area contributed by atoms with Gasteiger partial charge in [-0.2, -0.15) is 0 Å². The fourth-order valence-corrected chi connectivity index (χ4v) is 2.20. The molecule has 1 amide bonds. The van der Waals surface area contributed by atoms with Gasteiger partial charge < -0.3 is 15.0 Å². The summed E-state index contributed by atoms with van der Waals surface area (Å²) in [5, 5.41) is 2.83. The second-order valence-electron chi connectivity index (χ2n) is 5.65. The number of halogens is 1. The molecule has 0 aliphatic heterocycles. The maximum Gasteiger partial charge on any atom is 0.255 e. The molecule has 0 fully saturated rings. The number of carbonyl (C=O) groups excluding carboxylic acids is 1. The largest absolute Gasteiger partial charge is 0.494 e. The van der Waals surface area contributed by atoms with Crippen LogP contribution in [0.4, 0.5) is 10.3 Å². The number of benzene rings is 1. The molecule has 1 heterocycles. The highest BCUT2D eigenvalue weighted by Gasteiger charge is 2.16. The Morgan fingerprint density at radius 3 is 2.62 bits per heavy atom. The standard InChI is InChI=1S/C17H21FN4O2/c1-10(12-6-7-15(24-5)14(18)8-12)20-16(23)13-9-19-17(22(3)4)21-11(13)2/h6-10H,1-5H3,(H,20,23). The Morgan fingerprint density at radius 2 is 2.08 bits per heavy atom. The van der Waals surface area contributed by atoms with Crippen LogP contribution in [0.1, 0.15) is 34.6 Å². The van der Waals surface area contributed by atoms with Crippen molar-refractivity contribution in [1.82, 2.24) is 15.3 Å². The monoisotopic (exact) mass is 332 g/mol. The van der Waals surface area contributed by atoms with Crippen LogP contribution in [0.15, 0.2) is 24.4 Å². The Labute approximate surface area is 140 Å². The van der Waals surface area contributed by atoms with E-state index >= 15 is 0 Å². The van der Waals surface area contributed by atoms with Gasteiger partial charge in [-0.05, 0) is 31.5 Å². The lowest BCUT2D eigenvalue weighted by Crippen LogP contribution is -2.28. The molecule has 1 N–H and O–H groups in total. The fraction of sp³-hybridized carbons (Fsp3) is 0.353. The van der Waals surface area contributed by atoms with Crippen molar-refractivity contribution in [3.05, 3.63) is 47.0 Å². The lowest BCUT2D eigenvalue weighted by atomic mass is 10.1. The molecule has 1 unspecified atom stereocenters. The first-order valence-electron chi connectivity index (χ1n) is 7.48. The van der Waals surface area contributed by atoms with Crippen LogP contribution in [0, 0.1) is 12.7 Å². The van der Waals surface area contributed by atoms with Crippen molar-refractivity contribution in [2.75, 3.05) is 26.1 Å². The van der Waals surface area contributed by atoms with Gasteiger partial charge in [0.25, 0.3) is 5.91 Å². The van der Waals surface area contributed by atoms with Crippen molar-refractivity contribution >= 4 is 11.9 Å². The van der Waals surface area contributed by atoms with Gasteiger partial charge in [0, 0.05) is 20.3 Å². The minimum absolute atomic E-state index is 0.167. The van der Waals surface area contributed by atoms with E-state index in [1.54, 1.807) is 24.8 Å². The lowest BCUT2D eigenvalue weighted by Gasteiger charge is -2.17. The molecule has 128 valence electrons. The van der Waals surface area contributed by atoms with E-state index in [-0.39, 0.29) is 17.7 Å². The molecule has 6 nitrogen and oxygen atoms in total. The second kappa shape index (κ2) is 7.25. The van der Waals surface area contributed by atoms with Gasteiger partial charge in [0.15, 0.2) is 11.6 Å². The van der Waals surface area contributed by atoms with Crippen molar-refractivity contribution in [3.63, 3.8) is 0 Å². The number of ether oxygens (including phenoxy) is 1. The third-order valence-electron chi connectivity index (χ3n) is 3.63. The molecule has 1 atom stereocenters. The Kier molecular flexibility index (Phi) is 5.33. The van der Waals surface area contributed by atoms with E-state index < -0.39 is 5.82 Å². The summed E-state index contributed by atoms with van der Waals surface area (Å²) in [6, 6.07) is 4.23. The molecule has 0 radical (unpaired) electrons. The average molecular weight is 332 g/mol. The van der Waals surface area contributed by atoms with Gasteiger partial charge in [0.1, 0.15) is 0 Å². The van der Waals surface area contributed by atoms with Crippen molar-refractivity contribution in [3.8, 4) is 5.75 Å². The maximum absolute atomic E-state index is 13.8. The van der Waals surface area contributed by atoms with Gasteiger partial charge in [-0.1, -0.05) is 6.07 Å². The number of amides is 1. The maximum atomic E-state index is 13.8. The fourth-order valence-electron chi connectivity index (χ4n) is 2.20. The summed E-state index contributed by atoms with van der Waals surface area (Å²) in [6.07, 6.45) is 1.49. The van der Waals surface area contributed by atoms with E-state index in [1.165, 1.54) is 25.4 Å². The minimum atomic E-state index is -0.467. The number of nitrogens with one attached hydrogen (secondary N) is 1. The molecule has 1 aromatic heterocycles. The number of carbonyl (C=O) groups is 1. The Hall–Kier alpha value is -2.70. The summed E-state index contributed by atoms with van der Waals surface area (Å²) in [7, 11) is 5.06. The molecule has 0 saturated carbocycles. The average Bonchev–Trinajstić information content (AvgIpc) is 2.54. The molecule has 2 rings (SSSR count). The summed E-state index contributed by atoms with van der Waals surface area (Å²) in [5.74, 6) is -0.0670. The van der Waals surface area contributed by atoms with Crippen LogP contribution in [0.2, 0.25) is 0 Å². The number of aromatic nitrogens is 2. The molecular weight excluding hydrogens is 311 g/mol. The predicted octanol–water partition coefficient (Wildman–Crippen LogP) is 2.49. The normalized spacial score (nSPS) is 11.8. The molecule has 0 saturated heterocycles. The van der Waals surface area contributed by atoms with Crippen LogP contribution >= 0.6 is 0 Å². The van der Waals surface area contributed by atoms with E-state index in [0.717, 1.165) is 0 Å². The van der Waals surface area contributed by atoms with E-state index in [9.17, 15) is 9.18 Å². The molecule has 24 heavy (non-hydrogen) atoms. The molecule has 0 bridgehead atoms. The van der Waals surface area contributed by atoms with Crippen LogP contribution in [0.3, 0.4) is 0 Å². The molecule has 1 aromatic carbocycles. The predicted molar refractivity (Wildman–Crippen MR) is 89.9 cm³/mol. The number of aryl methyl sites for hydroxylation is 1. The summed E-state index contributed by atoms with van der Waals surface area (Å²) < 4.78 is 18.7. The zero-order valence-electron chi connectivity index (χ0n) is 14.4. The van der Waals surface area contributed by atoms with Gasteiger partial charge in [-0.3, -0.25) is 4.79 Å². The van der Waals surface area contributed by atoms with Gasteiger partial charge >= 0.3 is 0 Å². The number of anilines is 1. The summed E-state index contributed by atoms with van der Waals surface area (Å²) in [4.78, 5) is 22.6. The molecule has 0 aliphatic rings. The van der Waals surface area contributed by atoms with Gasteiger partial charge in [-0.25, -0.2) is 14.4 Å².